The van der Waals surface area contributed by atoms with Gasteiger partial charge in [-0.05, 0) is 37.8 Å². The third-order valence-corrected chi connectivity index (χ3v) is 7.46. The van der Waals surface area contributed by atoms with E-state index < -0.39 is 10.0 Å². The van der Waals surface area contributed by atoms with Crippen LogP contribution in [0.1, 0.15) is 46.4 Å². The number of carbonyl (C=O) groups excluding carboxylic acids is 2. The van der Waals surface area contributed by atoms with Crippen molar-refractivity contribution in [2.45, 2.75) is 37.8 Å². The number of nitrogens with one attached hydrogen (secondary N) is 1. The van der Waals surface area contributed by atoms with Gasteiger partial charge in [0.05, 0.1) is 16.9 Å². The standard InChI is InChI=1S/C18H23N3O4S.ClH/c22-17-15-4-1-2-5-16(15)18(23)21(17)9-3-11-26(24,25)20-10-8-13-6-7-14(12-20)19-13;/h1-2,4-5,13-14,19H,3,6-12H2;1H. The van der Waals surface area contributed by atoms with E-state index in [1.165, 1.54) is 0 Å². The highest BCUT2D eigenvalue weighted by Gasteiger charge is 2.36. The van der Waals surface area contributed by atoms with E-state index >= 15 is 0 Å². The van der Waals surface area contributed by atoms with Gasteiger partial charge < -0.3 is 5.32 Å². The van der Waals surface area contributed by atoms with Crippen LogP contribution in [0.4, 0.5) is 0 Å². The van der Waals surface area contributed by atoms with Crippen LogP contribution in [0.2, 0.25) is 0 Å². The molecular formula is C18H24ClN3O4S. The normalized spacial score (nSPS) is 25.3. The lowest BCUT2D eigenvalue weighted by atomic mass is 10.1. The number of amides is 2. The molecule has 2 bridgehead atoms. The van der Waals surface area contributed by atoms with Crippen LogP contribution < -0.4 is 5.32 Å². The summed E-state index contributed by atoms with van der Waals surface area (Å²) in [4.78, 5) is 25.8. The van der Waals surface area contributed by atoms with Gasteiger partial charge in [-0.3, -0.25) is 14.5 Å². The fraction of sp³-hybridized carbons (Fsp3) is 0.556. The topological polar surface area (TPSA) is 86.8 Å². The molecule has 0 spiro atoms. The largest absolute Gasteiger partial charge is 0.310 e. The summed E-state index contributed by atoms with van der Waals surface area (Å²) >= 11 is 0. The van der Waals surface area contributed by atoms with Crippen molar-refractivity contribution >= 4 is 34.2 Å². The molecule has 7 nitrogen and oxygen atoms in total. The van der Waals surface area contributed by atoms with Crippen molar-refractivity contribution in [2.24, 2.45) is 0 Å². The van der Waals surface area contributed by atoms with E-state index in [-0.39, 0.29) is 49.0 Å². The zero-order valence-electron chi connectivity index (χ0n) is 15.0. The van der Waals surface area contributed by atoms with Gasteiger partial charge in [-0.25, -0.2) is 12.7 Å². The highest BCUT2D eigenvalue weighted by Crippen LogP contribution is 2.24. The number of hydrogen-bond donors (Lipinski definition) is 1. The SMILES string of the molecule is Cl.O=C1c2ccccc2C(=O)N1CCCS(=O)(=O)N1CCC2CCC(C1)N2. The van der Waals surface area contributed by atoms with Gasteiger partial charge >= 0.3 is 0 Å². The Morgan fingerprint density at radius 2 is 1.63 bits per heavy atom. The molecule has 148 valence electrons. The van der Waals surface area contributed by atoms with Crippen LogP contribution in [0.3, 0.4) is 0 Å². The predicted octanol–water partition coefficient (Wildman–Crippen LogP) is 1.25. The molecule has 1 aromatic carbocycles. The van der Waals surface area contributed by atoms with E-state index in [9.17, 15) is 18.0 Å². The second-order valence-electron chi connectivity index (χ2n) is 7.26. The summed E-state index contributed by atoms with van der Waals surface area (Å²) in [5, 5.41) is 3.47. The van der Waals surface area contributed by atoms with E-state index in [0.717, 1.165) is 24.2 Å². The van der Waals surface area contributed by atoms with Crippen molar-refractivity contribution in [1.29, 1.82) is 0 Å². The van der Waals surface area contributed by atoms with Gasteiger partial charge in [-0.2, -0.15) is 0 Å². The lowest BCUT2D eigenvalue weighted by molar-refractivity contribution is 0.0654. The summed E-state index contributed by atoms with van der Waals surface area (Å²) in [5.74, 6) is -0.712. The summed E-state index contributed by atoms with van der Waals surface area (Å²) in [6.07, 6.45) is 3.24. The highest BCUT2D eigenvalue weighted by atomic mass is 35.5. The first-order valence-corrected chi connectivity index (χ1v) is 10.8. The minimum Gasteiger partial charge on any atom is -0.310 e. The molecule has 2 atom stereocenters. The van der Waals surface area contributed by atoms with Crippen LogP contribution in [0.15, 0.2) is 24.3 Å². The molecule has 2 amide bonds. The van der Waals surface area contributed by atoms with E-state index in [2.05, 4.69) is 5.32 Å². The molecule has 0 radical (unpaired) electrons. The molecule has 27 heavy (non-hydrogen) atoms. The monoisotopic (exact) mass is 413 g/mol. The Kier molecular flexibility index (Phi) is 5.90. The highest BCUT2D eigenvalue weighted by molar-refractivity contribution is 7.89. The molecule has 9 heteroatoms. The lowest BCUT2D eigenvalue weighted by Crippen LogP contribution is -2.41. The van der Waals surface area contributed by atoms with E-state index in [0.29, 0.717) is 30.3 Å². The summed E-state index contributed by atoms with van der Waals surface area (Å²) in [5.41, 5.74) is 0.796. The Morgan fingerprint density at radius 3 is 2.30 bits per heavy atom. The molecule has 3 aliphatic rings. The first kappa shape index (κ1) is 20.3. The molecule has 0 saturated carbocycles. The Hall–Kier alpha value is -1.48. The molecule has 3 aliphatic heterocycles. The molecule has 0 aliphatic carbocycles. The third kappa shape index (κ3) is 3.89. The van der Waals surface area contributed by atoms with Crippen molar-refractivity contribution < 1.29 is 18.0 Å². The molecule has 3 heterocycles. The molecule has 1 aromatic rings. The Labute approximate surface area is 165 Å². The van der Waals surface area contributed by atoms with Crippen molar-refractivity contribution in [3.63, 3.8) is 0 Å². The predicted molar refractivity (Wildman–Crippen MR) is 104 cm³/mol. The number of benzene rings is 1. The summed E-state index contributed by atoms with van der Waals surface area (Å²) in [7, 11) is -3.38. The fourth-order valence-corrected chi connectivity index (χ4v) is 5.68. The second-order valence-corrected chi connectivity index (χ2v) is 9.35. The number of halogens is 1. The Bertz CT molecular complexity index is 810. The molecular weight excluding hydrogens is 390 g/mol. The second kappa shape index (κ2) is 7.87. The van der Waals surface area contributed by atoms with E-state index in [4.69, 9.17) is 0 Å². The van der Waals surface area contributed by atoms with Crippen LogP contribution in [-0.2, 0) is 10.0 Å². The first-order valence-electron chi connectivity index (χ1n) is 9.15. The average molecular weight is 414 g/mol. The van der Waals surface area contributed by atoms with E-state index in [1.54, 1.807) is 28.6 Å². The summed E-state index contributed by atoms with van der Waals surface area (Å²) < 4.78 is 26.9. The van der Waals surface area contributed by atoms with Crippen LogP contribution in [0.25, 0.3) is 0 Å². The van der Waals surface area contributed by atoms with Gasteiger partial charge in [0.15, 0.2) is 0 Å². The number of fused-ring (bicyclic) bond motifs is 3. The Morgan fingerprint density at radius 1 is 1.00 bits per heavy atom. The Balaban J connectivity index is 0.00000210. The zero-order chi connectivity index (χ0) is 18.3. The molecule has 2 fully saturated rings. The minimum absolute atomic E-state index is 0. The number of rotatable bonds is 5. The average Bonchev–Trinajstić information content (AvgIpc) is 3.06. The van der Waals surface area contributed by atoms with E-state index in [1.807, 2.05) is 0 Å². The summed E-state index contributed by atoms with van der Waals surface area (Å²) in [6, 6.07) is 7.38. The lowest BCUT2D eigenvalue weighted by Gasteiger charge is -2.24. The van der Waals surface area contributed by atoms with Crippen molar-refractivity contribution in [3.05, 3.63) is 35.4 Å². The van der Waals surface area contributed by atoms with Crippen molar-refractivity contribution in [2.75, 3.05) is 25.4 Å². The molecule has 4 rings (SSSR count). The molecule has 0 aromatic heterocycles. The zero-order valence-corrected chi connectivity index (χ0v) is 16.6. The van der Waals surface area contributed by atoms with Crippen LogP contribution in [0, 0.1) is 0 Å². The van der Waals surface area contributed by atoms with Crippen molar-refractivity contribution in [3.8, 4) is 0 Å². The van der Waals surface area contributed by atoms with Crippen LogP contribution in [-0.4, -0.2) is 66.9 Å². The minimum atomic E-state index is -3.38. The van der Waals surface area contributed by atoms with Gasteiger partial charge in [0.2, 0.25) is 10.0 Å². The quantitative estimate of drug-likeness (QED) is 0.734. The maximum Gasteiger partial charge on any atom is 0.261 e. The number of imide groups is 1. The molecule has 2 saturated heterocycles. The number of nitrogens with zero attached hydrogens (tertiary/aromatic N) is 2. The number of hydrogen-bond acceptors (Lipinski definition) is 5. The van der Waals surface area contributed by atoms with Gasteiger partial charge in [-0.15, -0.1) is 12.4 Å². The van der Waals surface area contributed by atoms with Crippen LogP contribution in [0.5, 0.6) is 0 Å². The number of carbonyl (C=O) groups is 2. The first-order chi connectivity index (χ1) is 12.5. The molecule has 1 N–H and O–H groups in total. The maximum atomic E-state index is 12.7. The number of sulfonamides is 1. The van der Waals surface area contributed by atoms with Gasteiger partial charge in [0, 0.05) is 31.7 Å². The van der Waals surface area contributed by atoms with Gasteiger partial charge in [-0.1, -0.05) is 12.1 Å². The maximum absolute atomic E-state index is 12.7. The van der Waals surface area contributed by atoms with Gasteiger partial charge in [0.1, 0.15) is 0 Å². The fourth-order valence-electron chi connectivity index (χ4n) is 4.14. The molecule has 2 unspecified atom stereocenters. The van der Waals surface area contributed by atoms with Crippen molar-refractivity contribution in [1.82, 2.24) is 14.5 Å². The summed E-state index contributed by atoms with van der Waals surface area (Å²) in [6.45, 7) is 1.19. The van der Waals surface area contributed by atoms with Crippen LogP contribution >= 0.6 is 12.4 Å². The van der Waals surface area contributed by atoms with Gasteiger partial charge in [0.25, 0.3) is 11.8 Å². The smallest absolute Gasteiger partial charge is 0.261 e. The third-order valence-electron chi connectivity index (χ3n) is 5.54.